The lowest BCUT2D eigenvalue weighted by atomic mass is 9.78. The number of pyridine rings is 1. The highest BCUT2D eigenvalue weighted by atomic mass is 32.1. The first-order valence-corrected chi connectivity index (χ1v) is 15.1. The van der Waals surface area contributed by atoms with Gasteiger partial charge in [0.2, 0.25) is 5.91 Å². The van der Waals surface area contributed by atoms with Crippen LogP contribution >= 0.6 is 11.3 Å². The maximum atomic E-state index is 13.4. The summed E-state index contributed by atoms with van der Waals surface area (Å²) in [6.07, 6.45) is 6.20. The summed E-state index contributed by atoms with van der Waals surface area (Å²) in [6.45, 7) is 14.3. The van der Waals surface area contributed by atoms with Crippen LogP contribution in [0.15, 0.2) is 42.5 Å². The highest BCUT2D eigenvalue weighted by Gasteiger charge is 2.25. The molecule has 2 fully saturated rings. The molecule has 204 valence electrons. The fourth-order valence-corrected chi connectivity index (χ4v) is 7.15. The van der Waals surface area contributed by atoms with E-state index in [0.717, 1.165) is 61.7 Å². The van der Waals surface area contributed by atoms with E-state index < -0.39 is 0 Å². The zero-order valence-electron chi connectivity index (χ0n) is 23.2. The molecule has 4 aromatic rings. The first-order chi connectivity index (χ1) is 19.5. The Balaban J connectivity index is 1.45. The number of thiazole rings is 1. The minimum absolute atomic E-state index is 0.101. The Morgan fingerprint density at radius 3 is 2.58 bits per heavy atom. The van der Waals surface area contributed by atoms with Crippen LogP contribution in [0.4, 0.5) is 5.69 Å². The monoisotopic (exact) mass is 550 g/mol. The summed E-state index contributed by atoms with van der Waals surface area (Å²) < 4.78 is 5.47. The first kappa shape index (κ1) is 26.6. The van der Waals surface area contributed by atoms with E-state index in [4.69, 9.17) is 16.3 Å². The lowest BCUT2D eigenvalue weighted by Gasteiger charge is -2.29. The zero-order valence-corrected chi connectivity index (χ0v) is 24.0. The molecule has 0 bridgehead atoms. The standard InChI is InChI=1S/C33H34N4O2S/c1-21-33(40-22(2)35-21)30-12-9-24-17-25(10-11-29(24)36-30)32-26(19-31(38)37-13-15-39-16-14-37)18-27(34-3)20-28(32)23-7-5-4-6-8-23/h9-12,17-18,20,23H,4-8,13-16,19H2,1-2H3. The first-order valence-electron chi connectivity index (χ1n) is 14.3. The second-order valence-corrected chi connectivity index (χ2v) is 12.1. The summed E-state index contributed by atoms with van der Waals surface area (Å²) >= 11 is 1.67. The van der Waals surface area contributed by atoms with Crippen LogP contribution in [0.2, 0.25) is 0 Å². The van der Waals surface area contributed by atoms with Gasteiger partial charge in [-0.15, -0.1) is 11.3 Å². The summed E-state index contributed by atoms with van der Waals surface area (Å²) in [5, 5.41) is 2.11. The Bertz CT molecular complexity index is 1610. The average molecular weight is 551 g/mol. The molecule has 2 aromatic carbocycles. The summed E-state index contributed by atoms with van der Waals surface area (Å²) in [6, 6.07) is 14.7. The molecule has 3 heterocycles. The number of rotatable bonds is 5. The quantitative estimate of drug-likeness (QED) is 0.240. The van der Waals surface area contributed by atoms with E-state index in [9.17, 15) is 4.79 Å². The normalized spacial score (nSPS) is 16.3. The van der Waals surface area contributed by atoms with Crippen LogP contribution in [-0.4, -0.2) is 47.1 Å². The average Bonchev–Trinajstić information content (AvgIpc) is 3.34. The van der Waals surface area contributed by atoms with Crippen molar-refractivity contribution in [3.63, 3.8) is 0 Å². The van der Waals surface area contributed by atoms with Crippen molar-refractivity contribution in [3.05, 3.63) is 75.7 Å². The Morgan fingerprint density at radius 1 is 1.05 bits per heavy atom. The van der Waals surface area contributed by atoms with Crippen molar-refractivity contribution < 1.29 is 9.53 Å². The summed E-state index contributed by atoms with van der Waals surface area (Å²) in [5.41, 5.74) is 7.91. The predicted molar refractivity (Wildman–Crippen MR) is 161 cm³/mol. The number of fused-ring (bicyclic) bond motifs is 1. The fourth-order valence-electron chi connectivity index (χ4n) is 6.26. The van der Waals surface area contributed by atoms with Crippen molar-refractivity contribution >= 4 is 33.8 Å². The minimum Gasteiger partial charge on any atom is -0.378 e. The van der Waals surface area contributed by atoms with Gasteiger partial charge in [-0.25, -0.2) is 14.8 Å². The molecule has 1 saturated carbocycles. The van der Waals surface area contributed by atoms with Crippen molar-refractivity contribution in [2.45, 2.75) is 58.3 Å². The van der Waals surface area contributed by atoms with E-state index >= 15 is 0 Å². The second-order valence-electron chi connectivity index (χ2n) is 10.9. The molecule has 0 radical (unpaired) electrons. The van der Waals surface area contributed by atoms with Gasteiger partial charge in [-0.05, 0) is 73.1 Å². The molecule has 40 heavy (non-hydrogen) atoms. The number of aromatic nitrogens is 2. The third kappa shape index (κ3) is 5.39. The number of carbonyl (C=O) groups is 1. The molecule has 0 atom stereocenters. The molecular formula is C33H34N4O2S. The van der Waals surface area contributed by atoms with Gasteiger partial charge in [0.25, 0.3) is 0 Å². The molecule has 0 spiro atoms. The van der Waals surface area contributed by atoms with E-state index in [0.29, 0.717) is 37.9 Å². The SMILES string of the molecule is [C-]#[N+]c1cc(CC(=O)N2CCOCC2)c(-c2ccc3nc(-c4sc(C)nc4C)ccc3c2)c(C2CCCCC2)c1. The second kappa shape index (κ2) is 11.5. The van der Waals surface area contributed by atoms with Gasteiger partial charge in [0.1, 0.15) is 0 Å². The molecule has 1 aliphatic carbocycles. The van der Waals surface area contributed by atoms with E-state index in [1.165, 1.54) is 24.8 Å². The van der Waals surface area contributed by atoms with Crippen molar-refractivity contribution in [1.29, 1.82) is 0 Å². The highest BCUT2D eigenvalue weighted by Crippen LogP contribution is 2.43. The van der Waals surface area contributed by atoms with Crippen LogP contribution in [0.25, 0.3) is 37.4 Å². The number of hydrogen-bond donors (Lipinski definition) is 0. The van der Waals surface area contributed by atoms with E-state index in [2.05, 4.69) is 46.2 Å². The molecule has 6 nitrogen and oxygen atoms in total. The van der Waals surface area contributed by atoms with Gasteiger partial charge in [-0.2, -0.15) is 0 Å². The Hall–Kier alpha value is -3.60. The van der Waals surface area contributed by atoms with E-state index in [1.54, 1.807) is 11.3 Å². The highest BCUT2D eigenvalue weighted by molar-refractivity contribution is 7.15. The molecule has 1 amide bonds. The third-order valence-corrected chi connectivity index (χ3v) is 9.32. The number of morpholine rings is 1. The molecule has 0 N–H and O–H groups in total. The van der Waals surface area contributed by atoms with Crippen LogP contribution in [0.1, 0.15) is 59.9 Å². The van der Waals surface area contributed by atoms with Crippen LogP contribution in [0.3, 0.4) is 0 Å². The lowest BCUT2D eigenvalue weighted by Crippen LogP contribution is -2.41. The van der Waals surface area contributed by atoms with Crippen molar-refractivity contribution in [1.82, 2.24) is 14.9 Å². The number of hydrogen-bond acceptors (Lipinski definition) is 5. The maximum Gasteiger partial charge on any atom is 0.227 e. The van der Waals surface area contributed by atoms with Crippen LogP contribution < -0.4 is 0 Å². The number of amides is 1. The minimum atomic E-state index is 0.101. The molecule has 1 saturated heterocycles. The summed E-state index contributed by atoms with van der Waals surface area (Å²) in [4.78, 5) is 29.8. The molecular weight excluding hydrogens is 516 g/mol. The van der Waals surface area contributed by atoms with Crippen LogP contribution in [0.5, 0.6) is 0 Å². The Labute approximate surface area is 239 Å². The van der Waals surface area contributed by atoms with Gasteiger partial charge in [0.15, 0.2) is 5.69 Å². The van der Waals surface area contributed by atoms with Crippen molar-refractivity contribution in [2.24, 2.45) is 0 Å². The van der Waals surface area contributed by atoms with Crippen LogP contribution in [0, 0.1) is 20.4 Å². The molecule has 6 rings (SSSR count). The fraction of sp³-hybridized carbons (Fsp3) is 0.394. The largest absolute Gasteiger partial charge is 0.378 e. The summed E-state index contributed by atoms with van der Waals surface area (Å²) in [5.74, 6) is 0.500. The van der Waals surface area contributed by atoms with Gasteiger partial charge < -0.3 is 9.64 Å². The number of aryl methyl sites for hydroxylation is 2. The van der Waals surface area contributed by atoms with E-state index in [1.807, 2.05) is 24.8 Å². The topological polar surface area (TPSA) is 59.7 Å². The zero-order chi connectivity index (χ0) is 27.6. The molecule has 0 unspecified atom stereocenters. The number of benzene rings is 2. The Morgan fingerprint density at radius 2 is 1.85 bits per heavy atom. The molecule has 2 aliphatic rings. The van der Waals surface area contributed by atoms with Crippen LogP contribution in [-0.2, 0) is 16.0 Å². The van der Waals surface area contributed by atoms with Crippen molar-refractivity contribution in [2.75, 3.05) is 26.3 Å². The maximum absolute atomic E-state index is 13.4. The number of carbonyl (C=O) groups excluding carboxylic acids is 1. The molecule has 1 aliphatic heterocycles. The van der Waals surface area contributed by atoms with Gasteiger partial charge in [-0.3, -0.25) is 4.79 Å². The van der Waals surface area contributed by atoms with Gasteiger partial charge in [0.05, 0.1) is 53.0 Å². The van der Waals surface area contributed by atoms with E-state index in [-0.39, 0.29) is 12.3 Å². The lowest BCUT2D eigenvalue weighted by molar-refractivity contribution is -0.134. The number of ether oxygens (including phenoxy) is 1. The molecule has 7 heteroatoms. The van der Waals surface area contributed by atoms with Gasteiger partial charge in [0, 0.05) is 18.5 Å². The molecule has 2 aromatic heterocycles. The third-order valence-electron chi connectivity index (χ3n) is 8.23. The van der Waals surface area contributed by atoms with Gasteiger partial charge in [-0.1, -0.05) is 43.5 Å². The predicted octanol–water partition coefficient (Wildman–Crippen LogP) is 7.64. The number of nitrogens with zero attached hydrogens (tertiary/aromatic N) is 4. The summed E-state index contributed by atoms with van der Waals surface area (Å²) in [7, 11) is 0. The smallest absolute Gasteiger partial charge is 0.227 e. The van der Waals surface area contributed by atoms with Crippen molar-refractivity contribution in [3.8, 4) is 21.7 Å². The Kier molecular flexibility index (Phi) is 7.64. The van der Waals surface area contributed by atoms with Gasteiger partial charge >= 0.3 is 0 Å².